The van der Waals surface area contributed by atoms with Gasteiger partial charge < -0.3 is 8.92 Å². The molecule has 2 aliphatic carbocycles. The highest BCUT2D eigenvalue weighted by Gasteiger charge is 2.65. The van der Waals surface area contributed by atoms with Crippen LogP contribution in [0.4, 0.5) is 0 Å². The second-order valence-electron chi connectivity index (χ2n) is 9.80. The number of Topliss-reactive ketones (excluding diaryl/α,β-unsaturated/α-hetero) is 1. The van der Waals surface area contributed by atoms with Crippen LogP contribution in [0.3, 0.4) is 0 Å². The van der Waals surface area contributed by atoms with Crippen molar-refractivity contribution in [3.63, 3.8) is 0 Å². The molecule has 1 heterocycles. The van der Waals surface area contributed by atoms with Crippen molar-refractivity contribution in [3.8, 4) is 28.6 Å². The van der Waals surface area contributed by atoms with Crippen LogP contribution in [0.15, 0.2) is 60.7 Å². The minimum Gasteiger partial charge on any atom is -0.497 e. The Morgan fingerprint density at radius 1 is 1.09 bits per heavy atom. The summed E-state index contributed by atoms with van der Waals surface area (Å²) in [5.74, 6) is 0.695. The molecule has 0 spiro atoms. The Bertz CT molecular complexity index is 1330. The molecule has 2 unspecified atom stereocenters. The van der Waals surface area contributed by atoms with E-state index in [1.54, 1.807) is 37.4 Å². The molecular formula is C26H28N2O5S. The Morgan fingerprint density at radius 3 is 2.38 bits per heavy atom. The minimum absolute atomic E-state index is 0.0366. The van der Waals surface area contributed by atoms with Crippen LogP contribution in [0.5, 0.6) is 11.6 Å². The summed E-state index contributed by atoms with van der Waals surface area (Å²) in [4.78, 5) is 12.9. The van der Waals surface area contributed by atoms with Gasteiger partial charge in [0.1, 0.15) is 11.5 Å². The molecule has 2 bridgehead atoms. The molecule has 0 aliphatic heterocycles. The first-order valence-electron chi connectivity index (χ1n) is 11.4. The maximum absolute atomic E-state index is 13.4. The molecule has 2 fully saturated rings. The Kier molecular flexibility index (Phi) is 5.31. The van der Waals surface area contributed by atoms with E-state index in [9.17, 15) is 13.2 Å². The van der Waals surface area contributed by atoms with E-state index in [2.05, 4.69) is 5.10 Å². The number of hydrogen-bond acceptors (Lipinski definition) is 6. The highest BCUT2D eigenvalue weighted by Crippen LogP contribution is 2.64. The maximum atomic E-state index is 13.4. The number of ether oxygens (including phenoxy) is 1. The molecule has 0 saturated heterocycles. The molecule has 5 rings (SSSR count). The number of fused-ring (bicyclic) bond motifs is 2. The van der Waals surface area contributed by atoms with Gasteiger partial charge in [0.05, 0.1) is 29.7 Å². The number of nitrogens with zero attached hydrogens (tertiary/aromatic N) is 2. The number of carbonyl (C=O) groups is 1. The second kappa shape index (κ2) is 7.98. The third-order valence-electron chi connectivity index (χ3n) is 7.84. The Balaban J connectivity index is 1.52. The van der Waals surface area contributed by atoms with E-state index in [1.165, 1.54) is 4.68 Å². The Hall–Kier alpha value is -3.13. The van der Waals surface area contributed by atoms with Gasteiger partial charge in [0.25, 0.3) is 0 Å². The normalized spacial score (nSPS) is 23.3. The molecule has 178 valence electrons. The quantitative estimate of drug-likeness (QED) is 0.458. The predicted molar refractivity (Wildman–Crippen MR) is 129 cm³/mol. The molecule has 0 amide bonds. The van der Waals surface area contributed by atoms with Crippen molar-refractivity contribution in [2.45, 2.75) is 33.1 Å². The van der Waals surface area contributed by atoms with E-state index in [1.807, 2.05) is 44.2 Å². The molecule has 2 saturated carbocycles. The fourth-order valence-electron chi connectivity index (χ4n) is 5.65. The molecule has 34 heavy (non-hydrogen) atoms. The molecule has 1 aromatic heterocycles. The Labute approximate surface area is 199 Å². The number of aromatic nitrogens is 2. The van der Waals surface area contributed by atoms with Gasteiger partial charge in [0, 0.05) is 18.1 Å². The SMILES string of the molecule is COc1ccc(-n2nc(-c3ccccc3)cc2OS(=O)(=O)CC23CCC(CC2=O)C3(C)C)cc1. The van der Waals surface area contributed by atoms with Crippen molar-refractivity contribution in [1.29, 1.82) is 0 Å². The topological polar surface area (TPSA) is 87.5 Å². The zero-order valence-electron chi connectivity index (χ0n) is 19.5. The van der Waals surface area contributed by atoms with Crippen molar-refractivity contribution < 1.29 is 22.1 Å². The average Bonchev–Trinajstić information content (AvgIpc) is 3.38. The zero-order valence-corrected chi connectivity index (χ0v) is 20.3. The fraction of sp³-hybridized carbons (Fsp3) is 0.385. The number of carbonyl (C=O) groups excluding carboxylic acids is 1. The van der Waals surface area contributed by atoms with E-state index in [4.69, 9.17) is 8.92 Å². The monoisotopic (exact) mass is 480 g/mol. The van der Waals surface area contributed by atoms with E-state index < -0.39 is 15.5 Å². The van der Waals surface area contributed by atoms with Gasteiger partial charge in [0.15, 0.2) is 0 Å². The molecule has 0 radical (unpaired) electrons. The van der Waals surface area contributed by atoms with Crippen molar-refractivity contribution in [2.75, 3.05) is 12.9 Å². The van der Waals surface area contributed by atoms with Crippen LogP contribution in [0.2, 0.25) is 0 Å². The van der Waals surface area contributed by atoms with Crippen molar-refractivity contribution in [3.05, 3.63) is 60.7 Å². The number of benzene rings is 2. The van der Waals surface area contributed by atoms with Crippen molar-refractivity contribution in [2.24, 2.45) is 16.7 Å². The molecule has 3 aromatic rings. The van der Waals surface area contributed by atoms with Crippen LogP contribution >= 0.6 is 0 Å². The molecule has 2 atom stereocenters. The lowest BCUT2D eigenvalue weighted by atomic mass is 9.70. The smallest absolute Gasteiger partial charge is 0.311 e. The van der Waals surface area contributed by atoms with Gasteiger partial charge in [-0.2, -0.15) is 18.2 Å². The molecular weight excluding hydrogens is 452 g/mol. The van der Waals surface area contributed by atoms with Gasteiger partial charge in [-0.05, 0) is 48.4 Å². The summed E-state index contributed by atoms with van der Waals surface area (Å²) in [5, 5.41) is 4.63. The van der Waals surface area contributed by atoms with Crippen LogP contribution in [-0.4, -0.2) is 36.8 Å². The lowest BCUT2D eigenvalue weighted by Gasteiger charge is -2.35. The first-order valence-corrected chi connectivity index (χ1v) is 13.0. The minimum atomic E-state index is -4.08. The summed E-state index contributed by atoms with van der Waals surface area (Å²) in [6.07, 6.45) is 1.90. The number of rotatable bonds is 7. The number of methoxy groups -OCH3 is 1. The van der Waals surface area contributed by atoms with E-state index in [0.717, 1.165) is 12.0 Å². The lowest BCUT2D eigenvalue weighted by Crippen LogP contribution is -2.43. The first kappa shape index (κ1) is 22.7. The van der Waals surface area contributed by atoms with Gasteiger partial charge in [-0.1, -0.05) is 44.2 Å². The van der Waals surface area contributed by atoms with Gasteiger partial charge in [-0.15, -0.1) is 0 Å². The van der Waals surface area contributed by atoms with E-state index in [-0.39, 0.29) is 28.7 Å². The number of ketones is 1. The summed E-state index contributed by atoms with van der Waals surface area (Å²) >= 11 is 0. The van der Waals surface area contributed by atoms with Gasteiger partial charge in [-0.25, -0.2) is 0 Å². The third kappa shape index (κ3) is 3.60. The first-order chi connectivity index (χ1) is 16.1. The third-order valence-corrected chi connectivity index (χ3v) is 9.11. The van der Waals surface area contributed by atoms with Gasteiger partial charge >= 0.3 is 10.1 Å². The van der Waals surface area contributed by atoms with Crippen molar-refractivity contribution in [1.82, 2.24) is 9.78 Å². The van der Waals surface area contributed by atoms with E-state index >= 15 is 0 Å². The fourth-order valence-corrected chi connectivity index (χ4v) is 7.37. The van der Waals surface area contributed by atoms with Gasteiger partial charge in [0.2, 0.25) is 5.88 Å². The molecule has 2 aliphatic rings. The molecule has 0 N–H and O–H groups in total. The van der Waals surface area contributed by atoms with Crippen LogP contribution in [0.25, 0.3) is 16.9 Å². The average molecular weight is 481 g/mol. The summed E-state index contributed by atoms with van der Waals surface area (Å²) in [5.41, 5.74) is 0.777. The summed E-state index contributed by atoms with van der Waals surface area (Å²) in [6, 6.07) is 18.2. The highest BCUT2D eigenvalue weighted by molar-refractivity contribution is 7.87. The van der Waals surface area contributed by atoms with Crippen LogP contribution < -0.4 is 8.92 Å². The predicted octanol–water partition coefficient (Wildman–Crippen LogP) is 4.65. The van der Waals surface area contributed by atoms with E-state index in [0.29, 0.717) is 30.0 Å². The van der Waals surface area contributed by atoms with Crippen molar-refractivity contribution >= 4 is 15.9 Å². The van der Waals surface area contributed by atoms with Crippen LogP contribution in [0.1, 0.15) is 33.1 Å². The molecule has 8 heteroatoms. The standard InChI is InChI=1S/C26H28N2O5S/c1-25(2)19-13-14-26(25,23(29)15-19)17-34(30,31)33-24-16-22(18-7-5-4-6-8-18)27-28(24)20-9-11-21(32-3)12-10-20/h4-12,16,19H,13-15,17H2,1-3H3. The van der Waals surface area contributed by atoms with Crippen LogP contribution in [-0.2, 0) is 14.9 Å². The summed E-state index contributed by atoms with van der Waals surface area (Å²) in [7, 11) is -2.50. The molecule has 2 aromatic carbocycles. The second-order valence-corrected chi connectivity index (χ2v) is 11.4. The number of hydrogen-bond donors (Lipinski definition) is 0. The zero-order chi connectivity index (χ0) is 24.1. The maximum Gasteiger partial charge on any atom is 0.311 e. The summed E-state index contributed by atoms with van der Waals surface area (Å²) in [6.45, 7) is 4.03. The largest absolute Gasteiger partial charge is 0.497 e. The highest BCUT2D eigenvalue weighted by atomic mass is 32.2. The lowest BCUT2D eigenvalue weighted by molar-refractivity contribution is -0.128. The van der Waals surface area contributed by atoms with Gasteiger partial charge in [-0.3, -0.25) is 4.79 Å². The molecule has 7 nitrogen and oxygen atoms in total. The van der Waals surface area contributed by atoms with Crippen LogP contribution in [0, 0.1) is 16.7 Å². The Morgan fingerprint density at radius 2 is 1.79 bits per heavy atom. The summed E-state index contributed by atoms with van der Waals surface area (Å²) < 4.78 is 39.1.